The molecule has 1 aliphatic carbocycles. The van der Waals surface area contributed by atoms with E-state index in [9.17, 15) is 0 Å². The maximum absolute atomic E-state index is 4.60. The summed E-state index contributed by atoms with van der Waals surface area (Å²) in [6.07, 6.45) is 14.0. The maximum Gasteiger partial charge on any atom is 0.141 e. The highest BCUT2D eigenvalue weighted by Gasteiger charge is 2.26. The Balaban J connectivity index is 1.43. The second kappa shape index (κ2) is 8.62. The van der Waals surface area contributed by atoms with Crippen molar-refractivity contribution in [2.24, 2.45) is 5.92 Å². The third-order valence-electron chi connectivity index (χ3n) is 5.87. The molecule has 140 valence electrons. The fourth-order valence-corrected chi connectivity index (χ4v) is 4.41. The molecule has 1 unspecified atom stereocenters. The minimum Gasteiger partial charge on any atom is -0.357 e. The Hall–Kier alpha value is -1.95. The smallest absolute Gasteiger partial charge is 0.141 e. The van der Waals surface area contributed by atoms with Crippen LogP contribution < -0.4 is 10.2 Å². The van der Waals surface area contributed by atoms with Crippen LogP contribution in [0.5, 0.6) is 0 Å². The fraction of sp³-hybridized carbons (Fsp3) is 0.650. The highest BCUT2D eigenvalue weighted by atomic mass is 15.2. The summed E-state index contributed by atoms with van der Waals surface area (Å²) in [6.45, 7) is 3.10. The molecule has 1 saturated carbocycles. The molecule has 0 bridgehead atoms. The van der Waals surface area contributed by atoms with E-state index in [2.05, 4.69) is 42.5 Å². The summed E-state index contributed by atoms with van der Waals surface area (Å²) in [6, 6.07) is 4.62. The monoisotopic (exact) mass is 354 g/mol. The van der Waals surface area contributed by atoms with Gasteiger partial charge in [-0.05, 0) is 55.7 Å². The number of hydrogen-bond acceptors (Lipinski definition) is 5. The van der Waals surface area contributed by atoms with Gasteiger partial charge in [-0.3, -0.25) is 5.10 Å². The van der Waals surface area contributed by atoms with E-state index in [1.165, 1.54) is 56.9 Å². The minimum atomic E-state index is 0.254. The molecule has 2 aliphatic rings. The van der Waals surface area contributed by atoms with Gasteiger partial charge in [0.2, 0.25) is 0 Å². The van der Waals surface area contributed by atoms with Gasteiger partial charge in [0, 0.05) is 25.8 Å². The first kappa shape index (κ1) is 17.5. The molecule has 0 radical (unpaired) electrons. The van der Waals surface area contributed by atoms with Crippen LogP contribution in [0.25, 0.3) is 0 Å². The van der Waals surface area contributed by atoms with Gasteiger partial charge in [0.15, 0.2) is 0 Å². The second-order valence-corrected chi connectivity index (χ2v) is 7.70. The molecule has 2 fully saturated rings. The molecule has 0 amide bonds. The third kappa shape index (κ3) is 4.23. The second-order valence-electron chi connectivity index (χ2n) is 7.70. The van der Waals surface area contributed by atoms with Crippen molar-refractivity contribution in [3.8, 4) is 0 Å². The van der Waals surface area contributed by atoms with E-state index >= 15 is 0 Å². The molecule has 4 rings (SSSR count). The number of piperidine rings is 1. The molecular weight excluding hydrogens is 324 g/mol. The number of aromatic nitrogens is 4. The summed E-state index contributed by atoms with van der Waals surface area (Å²) >= 11 is 0. The van der Waals surface area contributed by atoms with E-state index in [0.717, 1.165) is 31.3 Å². The number of nitrogens with zero attached hydrogens (tertiary/aromatic N) is 4. The molecule has 0 aromatic carbocycles. The number of rotatable bonds is 6. The van der Waals surface area contributed by atoms with Crippen molar-refractivity contribution < 1.29 is 0 Å². The van der Waals surface area contributed by atoms with Gasteiger partial charge in [0.25, 0.3) is 0 Å². The number of nitrogens with one attached hydrogen (secondary N) is 2. The first-order chi connectivity index (χ1) is 12.9. The lowest BCUT2D eigenvalue weighted by atomic mass is 9.83. The van der Waals surface area contributed by atoms with Gasteiger partial charge >= 0.3 is 0 Å². The molecule has 26 heavy (non-hydrogen) atoms. The lowest BCUT2D eigenvalue weighted by Gasteiger charge is -2.30. The molecule has 6 nitrogen and oxygen atoms in total. The third-order valence-corrected chi connectivity index (χ3v) is 5.87. The van der Waals surface area contributed by atoms with Crippen LogP contribution in [0.15, 0.2) is 24.7 Å². The Morgan fingerprint density at radius 3 is 2.65 bits per heavy atom. The largest absolute Gasteiger partial charge is 0.357 e. The summed E-state index contributed by atoms with van der Waals surface area (Å²) in [5.41, 5.74) is 1.29. The molecule has 2 aromatic rings. The van der Waals surface area contributed by atoms with E-state index in [0.29, 0.717) is 5.92 Å². The summed E-state index contributed by atoms with van der Waals surface area (Å²) in [4.78, 5) is 11.5. The first-order valence-electron chi connectivity index (χ1n) is 10.2. The van der Waals surface area contributed by atoms with Crippen molar-refractivity contribution in [1.29, 1.82) is 0 Å². The number of pyridine rings is 1. The SMILES string of the molecule is c1cc(CNC(c2ncn[nH]2)C2CCCCC2)cc(N2CCCCC2)n1. The van der Waals surface area contributed by atoms with E-state index in [-0.39, 0.29) is 6.04 Å². The maximum atomic E-state index is 4.60. The van der Waals surface area contributed by atoms with Gasteiger partial charge in [-0.1, -0.05) is 19.3 Å². The van der Waals surface area contributed by atoms with Crippen LogP contribution in [0, 0.1) is 5.92 Å². The van der Waals surface area contributed by atoms with Gasteiger partial charge in [0.1, 0.15) is 18.0 Å². The lowest BCUT2D eigenvalue weighted by molar-refractivity contribution is 0.262. The quantitative estimate of drug-likeness (QED) is 0.829. The summed E-state index contributed by atoms with van der Waals surface area (Å²) < 4.78 is 0. The van der Waals surface area contributed by atoms with Crippen molar-refractivity contribution in [3.05, 3.63) is 36.0 Å². The van der Waals surface area contributed by atoms with Crippen molar-refractivity contribution >= 4 is 5.82 Å². The zero-order valence-corrected chi connectivity index (χ0v) is 15.5. The van der Waals surface area contributed by atoms with Crippen molar-refractivity contribution in [1.82, 2.24) is 25.5 Å². The first-order valence-corrected chi connectivity index (χ1v) is 10.2. The Morgan fingerprint density at radius 2 is 1.88 bits per heavy atom. The molecule has 0 spiro atoms. The zero-order chi connectivity index (χ0) is 17.6. The van der Waals surface area contributed by atoms with Crippen LogP contribution in [0.2, 0.25) is 0 Å². The van der Waals surface area contributed by atoms with Crippen LogP contribution >= 0.6 is 0 Å². The van der Waals surface area contributed by atoms with Crippen LogP contribution in [0.4, 0.5) is 5.82 Å². The zero-order valence-electron chi connectivity index (χ0n) is 15.5. The Kier molecular flexibility index (Phi) is 5.79. The Bertz CT molecular complexity index is 659. The molecule has 1 atom stereocenters. The summed E-state index contributed by atoms with van der Waals surface area (Å²) in [5.74, 6) is 2.74. The number of hydrogen-bond donors (Lipinski definition) is 2. The standard InChI is InChI=1S/C20H30N6/c1-3-7-17(8-4-1)19(20-23-15-24-25-20)22-14-16-9-10-21-18(13-16)26-11-5-2-6-12-26/h9-10,13,15,17,19,22H,1-8,11-12,14H2,(H,23,24,25). The molecule has 3 heterocycles. The van der Waals surface area contributed by atoms with E-state index in [1.807, 2.05) is 6.20 Å². The van der Waals surface area contributed by atoms with Crippen molar-refractivity contribution in [3.63, 3.8) is 0 Å². The van der Waals surface area contributed by atoms with Crippen LogP contribution in [-0.4, -0.2) is 33.3 Å². The normalized spacial score (nSPS) is 20.2. The molecular formula is C20H30N6. The predicted octanol–water partition coefficient (Wildman–Crippen LogP) is 3.60. The topological polar surface area (TPSA) is 69.7 Å². The highest BCUT2D eigenvalue weighted by molar-refractivity contribution is 5.41. The van der Waals surface area contributed by atoms with Crippen LogP contribution in [0.3, 0.4) is 0 Å². The molecule has 2 aromatic heterocycles. The van der Waals surface area contributed by atoms with E-state index in [4.69, 9.17) is 0 Å². The minimum absolute atomic E-state index is 0.254. The van der Waals surface area contributed by atoms with Gasteiger partial charge in [-0.2, -0.15) is 5.10 Å². The fourth-order valence-electron chi connectivity index (χ4n) is 4.41. The summed E-state index contributed by atoms with van der Waals surface area (Å²) in [7, 11) is 0. The lowest BCUT2D eigenvalue weighted by Crippen LogP contribution is -2.31. The Morgan fingerprint density at radius 1 is 1.08 bits per heavy atom. The number of H-pyrrole nitrogens is 1. The number of anilines is 1. The molecule has 2 N–H and O–H groups in total. The predicted molar refractivity (Wildman–Crippen MR) is 103 cm³/mol. The highest BCUT2D eigenvalue weighted by Crippen LogP contribution is 2.33. The van der Waals surface area contributed by atoms with Gasteiger partial charge in [-0.25, -0.2) is 9.97 Å². The van der Waals surface area contributed by atoms with Gasteiger partial charge in [0.05, 0.1) is 6.04 Å². The average Bonchev–Trinajstić information content (AvgIpc) is 3.24. The van der Waals surface area contributed by atoms with Gasteiger partial charge < -0.3 is 10.2 Å². The van der Waals surface area contributed by atoms with E-state index < -0.39 is 0 Å². The molecule has 1 aliphatic heterocycles. The molecule has 6 heteroatoms. The number of aromatic amines is 1. The van der Waals surface area contributed by atoms with Crippen LogP contribution in [0.1, 0.15) is 68.8 Å². The molecule has 1 saturated heterocycles. The average molecular weight is 355 g/mol. The van der Waals surface area contributed by atoms with Gasteiger partial charge in [-0.15, -0.1) is 0 Å². The Labute approximate surface area is 155 Å². The van der Waals surface area contributed by atoms with Crippen molar-refractivity contribution in [2.45, 2.75) is 64.0 Å². The van der Waals surface area contributed by atoms with E-state index in [1.54, 1.807) is 6.33 Å². The van der Waals surface area contributed by atoms with Crippen molar-refractivity contribution in [2.75, 3.05) is 18.0 Å². The van der Waals surface area contributed by atoms with Crippen LogP contribution in [-0.2, 0) is 6.54 Å². The summed E-state index contributed by atoms with van der Waals surface area (Å²) in [5, 5.41) is 10.9.